The smallest absolute Gasteiger partial charge is 0.123 e. The molecule has 29 heavy (non-hydrogen) atoms. The Labute approximate surface area is 176 Å². The average Bonchev–Trinajstić information content (AvgIpc) is 3.32. The molecule has 0 saturated carbocycles. The van der Waals surface area contributed by atoms with E-state index in [9.17, 15) is 4.39 Å². The van der Waals surface area contributed by atoms with Crippen LogP contribution in [0.5, 0.6) is 0 Å². The predicted octanol–water partition coefficient (Wildman–Crippen LogP) is 4.70. The van der Waals surface area contributed by atoms with Crippen molar-refractivity contribution in [1.82, 2.24) is 9.88 Å². The summed E-state index contributed by atoms with van der Waals surface area (Å²) in [5.74, 6) is 0.485. The van der Waals surface area contributed by atoms with Crippen molar-refractivity contribution in [2.75, 3.05) is 6.54 Å². The summed E-state index contributed by atoms with van der Waals surface area (Å²) >= 11 is 3.97. The molecule has 2 heterocycles. The molecular formula is C23H27FN4S. The van der Waals surface area contributed by atoms with E-state index in [4.69, 9.17) is 11.1 Å². The van der Waals surface area contributed by atoms with Gasteiger partial charge in [0.1, 0.15) is 5.82 Å². The van der Waals surface area contributed by atoms with E-state index in [1.165, 1.54) is 41.9 Å². The lowest BCUT2D eigenvalue weighted by Crippen LogP contribution is -2.17. The number of thiol groups is 1. The third-order valence-electron chi connectivity index (χ3n) is 5.16. The molecule has 4 nitrogen and oxygen atoms in total. The summed E-state index contributed by atoms with van der Waals surface area (Å²) in [5.41, 5.74) is 8.55. The van der Waals surface area contributed by atoms with Gasteiger partial charge in [0.2, 0.25) is 0 Å². The molecule has 2 atom stereocenters. The van der Waals surface area contributed by atoms with Crippen molar-refractivity contribution in [2.45, 2.75) is 30.8 Å². The quantitative estimate of drug-likeness (QED) is 0.372. The largest absolute Gasteiger partial charge is 0.404 e. The zero-order valence-electron chi connectivity index (χ0n) is 16.5. The van der Waals surface area contributed by atoms with E-state index in [1.54, 1.807) is 12.1 Å². The van der Waals surface area contributed by atoms with Crippen molar-refractivity contribution in [3.8, 4) is 0 Å². The van der Waals surface area contributed by atoms with Gasteiger partial charge >= 0.3 is 0 Å². The number of hydrogen-bond acceptors (Lipinski definition) is 4. The SMILES string of the molecule is C[C@H]1CC(Cn2ccc3cc(/C(C=N)=C/N)ccc32)CN1.Fc1ccc(S)cc1. The van der Waals surface area contributed by atoms with Gasteiger partial charge in [0.15, 0.2) is 0 Å². The van der Waals surface area contributed by atoms with Gasteiger partial charge in [-0.15, -0.1) is 12.6 Å². The number of nitrogens with one attached hydrogen (secondary N) is 2. The van der Waals surface area contributed by atoms with E-state index in [0.717, 1.165) is 29.1 Å². The molecule has 0 radical (unpaired) electrons. The van der Waals surface area contributed by atoms with E-state index in [2.05, 4.69) is 53.8 Å². The monoisotopic (exact) mass is 410 g/mol. The first-order chi connectivity index (χ1) is 14.0. The number of rotatable bonds is 4. The summed E-state index contributed by atoms with van der Waals surface area (Å²) in [5, 5.41) is 12.1. The van der Waals surface area contributed by atoms with Gasteiger partial charge in [-0.3, -0.25) is 0 Å². The molecule has 152 valence electrons. The number of halogens is 1. The van der Waals surface area contributed by atoms with Gasteiger partial charge in [-0.25, -0.2) is 4.39 Å². The molecule has 1 fully saturated rings. The lowest BCUT2D eigenvalue weighted by Gasteiger charge is -2.11. The zero-order valence-corrected chi connectivity index (χ0v) is 17.4. The highest BCUT2D eigenvalue weighted by molar-refractivity contribution is 7.80. The molecule has 0 spiro atoms. The highest BCUT2D eigenvalue weighted by Gasteiger charge is 2.21. The van der Waals surface area contributed by atoms with Crippen LogP contribution in [0.1, 0.15) is 18.9 Å². The molecule has 1 unspecified atom stereocenters. The standard InChI is InChI=1S/C17H22N4.C6H5FS/c1-12-6-13(10-20-12)11-21-5-4-15-7-14(2-3-17(15)21)16(8-18)9-19;7-5-1-3-6(8)4-2-5/h2-5,7-9,12-13,18,20H,6,10-11,19H2,1H3;1-4,8H/b16-9+,18-8?;/t12-,13?;/m0./s1. The number of benzene rings is 2. The summed E-state index contributed by atoms with van der Waals surface area (Å²) in [6, 6.07) is 15.0. The minimum Gasteiger partial charge on any atom is -0.404 e. The Bertz CT molecular complexity index is 973. The number of fused-ring (bicyclic) bond motifs is 1. The molecule has 6 heteroatoms. The van der Waals surface area contributed by atoms with Crippen LogP contribution >= 0.6 is 12.6 Å². The Morgan fingerprint density at radius 3 is 2.62 bits per heavy atom. The molecule has 3 aromatic rings. The maximum absolute atomic E-state index is 12.1. The van der Waals surface area contributed by atoms with E-state index in [0.29, 0.717) is 12.0 Å². The molecule has 0 amide bonds. The van der Waals surface area contributed by atoms with Gasteiger partial charge in [-0.2, -0.15) is 0 Å². The number of hydrogen-bond donors (Lipinski definition) is 4. The predicted molar refractivity (Wildman–Crippen MR) is 122 cm³/mol. The van der Waals surface area contributed by atoms with E-state index in [1.807, 2.05) is 6.07 Å². The fourth-order valence-corrected chi connectivity index (χ4v) is 3.81. The summed E-state index contributed by atoms with van der Waals surface area (Å²) in [7, 11) is 0. The van der Waals surface area contributed by atoms with Crippen molar-refractivity contribution in [2.24, 2.45) is 11.7 Å². The lowest BCUT2D eigenvalue weighted by molar-refractivity contribution is 0.483. The molecule has 0 aliphatic carbocycles. The Hall–Kier alpha value is -2.57. The van der Waals surface area contributed by atoms with Crippen LogP contribution in [0.25, 0.3) is 16.5 Å². The van der Waals surface area contributed by atoms with Crippen LogP contribution in [-0.2, 0) is 6.54 Å². The van der Waals surface area contributed by atoms with Gasteiger partial charge in [0.05, 0.1) is 0 Å². The zero-order chi connectivity index (χ0) is 20.8. The van der Waals surface area contributed by atoms with Gasteiger partial charge in [0.25, 0.3) is 0 Å². The van der Waals surface area contributed by atoms with E-state index in [-0.39, 0.29) is 5.82 Å². The van der Waals surface area contributed by atoms with Crippen molar-refractivity contribution in [3.63, 3.8) is 0 Å². The Morgan fingerprint density at radius 1 is 1.28 bits per heavy atom. The topological polar surface area (TPSA) is 66.8 Å². The molecule has 1 aromatic heterocycles. The second-order valence-corrected chi connectivity index (χ2v) is 7.91. The van der Waals surface area contributed by atoms with E-state index >= 15 is 0 Å². The maximum Gasteiger partial charge on any atom is 0.123 e. The normalized spacial score (nSPS) is 19.1. The van der Waals surface area contributed by atoms with Crippen LogP contribution in [0, 0.1) is 17.1 Å². The molecule has 4 N–H and O–H groups in total. The van der Waals surface area contributed by atoms with Crippen molar-refractivity contribution >= 4 is 35.3 Å². The van der Waals surface area contributed by atoms with Gasteiger partial charge in [-0.1, -0.05) is 6.07 Å². The minimum absolute atomic E-state index is 0.220. The third-order valence-corrected chi connectivity index (χ3v) is 5.46. The first-order valence-electron chi connectivity index (χ1n) is 9.69. The molecule has 2 aromatic carbocycles. The first-order valence-corrected chi connectivity index (χ1v) is 10.1. The van der Waals surface area contributed by atoms with Crippen LogP contribution in [-0.4, -0.2) is 23.4 Å². The van der Waals surface area contributed by atoms with Crippen molar-refractivity contribution in [1.29, 1.82) is 5.41 Å². The van der Waals surface area contributed by atoms with Crippen LogP contribution < -0.4 is 11.1 Å². The highest BCUT2D eigenvalue weighted by atomic mass is 32.1. The number of aromatic nitrogens is 1. The number of allylic oxidation sites excluding steroid dienone is 1. The fourth-order valence-electron chi connectivity index (χ4n) is 3.66. The minimum atomic E-state index is -0.220. The third kappa shape index (κ3) is 5.49. The Balaban J connectivity index is 0.000000252. The average molecular weight is 411 g/mol. The second kappa shape index (κ2) is 9.76. The summed E-state index contributed by atoms with van der Waals surface area (Å²) < 4.78 is 14.4. The van der Waals surface area contributed by atoms with E-state index < -0.39 is 0 Å². The van der Waals surface area contributed by atoms with Crippen molar-refractivity contribution < 1.29 is 4.39 Å². The van der Waals surface area contributed by atoms with Crippen LogP contribution in [0.2, 0.25) is 0 Å². The van der Waals surface area contributed by atoms with Crippen LogP contribution in [0.4, 0.5) is 4.39 Å². The second-order valence-electron chi connectivity index (χ2n) is 7.40. The molecule has 0 bridgehead atoms. The number of nitrogens with zero attached hydrogens (tertiary/aromatic N) is 1. The molecular weight excluding hydrogens is 383 g/mol. The van der Waals surface area contributed by atoms with Gasteiger partial charge < -0.3 is 21.0 Å². The van der Waals surface area contributed by atoms with Crippen LogP contribution in [0.15, 0.2) is 65.8 Å². The lowest BCUT2D eigenvalue weighted by atomic mass is 10.1. The summed E-state index contributed by atoms with van der Waals surface area (Å²) in [6.45, 7) is 4.41. The first kappa shape index (κ1) is 21.1. The summed E-state index contributed by atoms with van der Waals surface area (Å²) in [6.07, 6.45) is 6.18. The van der Waals surface area contributed by atoms with Crippen molar-refractivity contribution in [3.05, 3.63) is 72.3 Å². The summed E-state index contributed by atoms with van der Waals surface area (Å²) in [4.78, 5) is 0.784. The van der Waals surface area contributed by atoms with Gasteiger partial charge in [0, 0.05) is 52.6 Å². The maximum atomic E-state index is 12.1. The highest BCUT2D eigenvalue weighted by Crippen LogP contribution is 2.24. The number of nitrogens with two attached hydrogens (primary N) is 1. The Kier molecular flexibility index (Phi) is 7.12. The molecule has 4 rings (SSSR count). The Morgan fingerprint density at radius 2 is 2.03 bits per heavy atom. The van der Waals surface area contributed by atoms with Crippen LogP contribution in [0.3, 0.4) is 0 Å². The van der Waals surface area contributed by atoms with Gasteiger partial charge in [-0.05, 0) is 73.8 Å². The fraction of sp³-hybridized carbons (Fsp3) is 0.261. The molecule has 1 aliphatic heterocycles. The molecule has 1 saturated heterocycles. The molecule has 1 aliphatic rings.